The molecule has 1 saturated carbocycles. The molecule has 2 rings (SSSR count). The van der Waals surface area contributed by atoms with E-state index in [9.17, 15) is 0 Å². The van der Waals surface area contributed by atoms with E-state index >= 15 is 0 Å². The van der Waals surface area contributed by atoms with Gasteiger partial charge in [0, 0.05) is 16.6 Å². The predicted molar refractivity (Wildman–Crippen MR) is 74.9 cm³/mol. The smallest absolute Gasteiger partial charge is 0.0439 e. The van der Waals surface area contributed by atoms with E-state index in [1.165, 1.54) is 18.4 Å². The first-order valence-electron chi connectivity index (χ1n) is 6.14. The van der Waals surface area contributed by atoms with Crippen molar-refractivity contribution in [1.82, 2.24) is 5.32 Å². The van der Waals surface area contributed by atoms with Crippen LogP contribution in [0.1, 0.15) is 25.3 Å². The maximum atomic E-state index is 6.25. The standard InChI is InChI=1S/C14H19Cl2N/c1-14(9-17-2,11-3-4-11)8-10-7-12(15)5-6-13(10)16/h5-7,11,17H,3-4,8-9H2,1-2H3. The summed E-state index contributed by atoms with van der Waals surface area (Å²) in [6, 6.07) is 5.74. The van der Waals surface area contributed by atoms with Crippen LogP contribution in [0.25, 0.3) is 0 Å². The summed E-state index contributed by atoms with van der Waals surface area (Å²) in [6.07, 6.45) is 3.69. The topological polar surface area (TPSA) is 12.0 Å². The SMILES string of the molecule is CNCC(C)(Cc1cc(Cl)ccc1Cl)C1CC1. The van der Waals surface area contributed by atoms with Gasteiger partial charge in [-0.1, -0.05) is 30.1 Å². The molecule has 1 unspecified atom stereocenters. The van der Waals surface area contributed by atoms with E-state index in [1.807, 2.05) is 25.2 Å². The lowest BCUT2D eigenvalue weighted by Gasteiger charge is -2.30. The Hall–Kier alpha value is -0.240. The molecule has 0 amide bonds. The van der Waals surface area contributed by atoms with Crippen molar-refractivity contribution < 1.29 is 0 Å². The second-order valence-electron chi connectivity index (χ2n) is 5.37. The van der Waals surface area contributed by atoms with Crippen LogP contribution in [0, 0.1) is 11.3 Å². The minimum absolute atomic E-state index is 0.295. The van der Waals surface area contributed by atoms with Gasteiger partial charge in [0.1, 0.15) is 0 Å². The average Bonchev–Trinajstić information content (AvgIpc) is 3.07. The highest BCUT2D eigenvalue weighted by Crippen LogP contribution is 2.47. The summed E-state index contributed by atoms with van der Waals surface area (Å²) in [5.41, 5.74) is 1.46. The van der Waals surface area contributed by atoms with Gasteiger partial charge in [-0.3, -0.25) is 0 Å². The maximum Gasteiger partial charge on any atom is 0.0439 e. The molecule has 0 spiro atoms. The van der Waals surface area contributed by atoms with Gasteiger partial charge in [-0.15, -0.1) is 0 Å². The third-order valence-corrected chi connectivity index (χ3v) is 4.35. The Labute approximate surface area is 114 Å². The number of rotatable bonds is 5. The van der Waals surface area contributed by atoms with E-state index in [0.717, 1.165) is 28.9 Å². The highest BCUT2D eigenvalue weighted by atomic mass is 35.5. The first-order valence-corrected chi connectivity index (χ1v) is 6.89. The molecule has 17 heavy (non-hydrogen) atoms. The Kier molecular flexibility index (Phi) is 4.02. The molecule has 1 fully saturated rings. The molecular weight excluding hydrogens is 253 g/mol. The van der Waals surface area contributed by atoms with E-state index in [2.05, 4.69) is 12.2 Å². The molecule has 3 heteroatoms. The van der Waals surface area contributed by atoms with Crippen molar-refractivity contribution >= 4 is 23.2 Å². The van der Waals surface area contributed by atoms with Crippen LogP contribution in [-0.4, -0.2) is 13.6 Å². The fourth-order valence-electron chi connectivity index (χ4n) is 2.65. The highest BCUT2D eigenvalue weighted by molar-refractivity contribution is 6.33. The van der Waals surface area contributed by atoms with E-state index in [-0.39, 0.29) is 0 Å². The zero-order chi connectivity index (χ0) is 12.5. The lowest BCUT2D eigenvalue weighted by atomic mass is 9.79. The average molecular weight is 272 g/mol. The van der Waals surface area contributed by atoms with Crippen LogP contribution in [0.5, 0.6) is 0 Å². The fraction of sp³-hybridized carbons (Fsp3) is 0.571. The molecule has 1 aliphatic rings. The molecule has 94 valence electrons. The van der Waals surface area contributed by atoms with Gasteiger partial charge in [-0.25, -0.2) is 0 Å². The predicted octanol–water partition coefficient (Wildman–Crippen LogP) is 4.17. The molecule has 0 radical (unpaired) electrons. The van der Waals surface area contributed by atoms with Crippen LogP contribution in [0.3, 0.4) is 0 Å². The number of nitrogens with one attached hydrogen (secondary N) is 1. The van der Waals surface area contributed by atoms with Crippen LogP contribution >= 0.6 is 23.2 Å². The normalized spacial score (nSPS) is 19.1. The zero-order valence-electron chi connectivity index (χ0n) is 10.4. The molecule has 1 atom stereocenters. The summed E-state index contributed by atoms with van der Waals surface area (Å²) in [6.45, 7) is 3.37. The van der Waals surface area contributed by atoms with Gasteiger partial charge >= 0.3 is 0 Å². The second kappa shape index (κ2) is 5.17. The van der Waals surface area contributed by atoms with E-state index in [4.69, 9.17) is 23.2 Å². The van der Waals surface area contributed by atoms with Gasteiger partial charge in [0.25, 0.3) is 0 Å². The molecule has 0 bridgehead atoms. The van der Waals surface area contributed by atoms with Crippen LogP contribution in [-0.2, 0) is 6.42 Å². The molecule has 0 aromatic heterocycles. The first kappa shape index (κ1) is 13.2. The summed E-state index contributed by atoms with van der Waals surface area (Å²) < 4.78 is 0. The molecule has 1 nitrogen and oxygen atoms in total. The third kappa shape index (κ3) is 3.15. The van der Waals surface area contributed by atoms with E-state index in [1.54, 1.807) is 0 Å². The van der Waals surface area contributed by atoms with Crippen LogP contribution in [0.4, 0.5) is 0 Å². The van der Waals surface area contributed by atoms with Crippen LogP contribution in [0.15, 0.2) is 18.2 Å². The highest BCUT2D eigenvalue weighted by Gasteiger charge is 2.41. The number of benzene rings is 1. The molecule has 0 heterocycles. The fourth-order valence-corrected chi connectivity index (χ4v) is 3.03. The van der Waals surface area contributed by atoms with Crippen molar-refractivity contribution in [2.24, 2.45) is 11.3 Å². The molecule has 1 aromatic rings. The van der Waals surface area contributed by atoms with Gasteiger partial charge in [-0.2, -0.15) is 0 Å². The van der Waals surface area contributed by atoms with Crippen molar-refractivity contribution in [3.05, 3.63) is 33.8 Å². The van der Waals surface area contributed by atoms with Crippen LogP contribution in [0.2, 0.25) is 10.0 Å². The number of hydrogen-bond acceptors (Lipinski definition) is 1. The summed E-state index contributed by atoms with van der Waals surface area (Å²) in [7, 11) is 2.01. The summed E-state index contributed by atoms with van der Waals surface area (Å²) in [5.74, 6) is 0.824. The van der Waals surface area contributed by atoms with Gasteiger partial charge < -0.3 is 5.32 Å². The largest absolute Gasteiger partial charge is 0.319 e. The van der Waals surface area contributed by atoms with Crippen molar-refractivity contribution in [3.63, 3.8) is 0 Å². The third-order valence-electron chi connectivity index (χ3n) is 3.75. The monoisotopic (exact) mass is 271 g/mol. The molecule has 0 aliphatic heterocycles. The van der Waals surface area contributed by atoms with Gasteiger partial charge in [-0.05, 0) is 61.4 Å². The molecular formula is C14H19Cl2N. The second-order valence-corrected chi connectivity index (χ2v) is 6.21. The Morgan fingerprint density at radius 3 is 2.65 bits per heavy atom. The number of halogens is 2. The molecule has 1 N–H and O–H groups in total. The first-order chi connectivity index (χ1) is 8.05. The van der Waals surface area contributed by atoms with Crippen molar-refractivity contribution in [1.29, 1.82) is 0 Å². The maximum absolute atomic E-state index is 6.25. The summed E-state index contributed by atoms with van der Waals surface area (Å²) in [4.78, 5) is 0. The van der Waals surface area contributed by atoms with E-state index in [0.29, 0.717) is 5.41 Å². The minimum atomic E-state index is 0.295. The Morgan fingerprint density at radius 2 is 2.06 bits per heavy atom. The lowest BCUT2D eigenvalue weighted by Crippen LogP contribution is -2.34. The van der Waals surface area contributed by atoms with Crippen molar-refractivity contribution in [2.45, 2.75) is 26.2 Å². The summed E-state index contributed by atoms with van der Waals surface area (Å²) in [5, 5.41) is 4.91. The Morgan fingerprint density at radius 1 is 1.35 bits per heavy atom. The van der Waals surface area contributed by atoms with Gasteiger partial charge in [0.15, 0.2) is 0 Å². The quantitative estimate of drug-likeness (QED) is 0.848. The zero-order valence-corrected chi connectivity index (χ0v) is 11.9. The Bertz CT molecular complexity index is 401. The van der Waals surface area contributed by atoms with Crippen molar-refractivity contribution in [2.75, 3.05) is 13.6 Å². The van der Waals surface area contributed by atoms with E-state index < -0.39 is 0 Å². The molecule has 1 aliphatic carbocycles. The lowest BCUT2D eigenvalue weighted by molar-refractivity contribution is 0.263. The molecule has 0 saturated heterocycles. The number of hydrogen-bond donors (Lipinski definition) is 1. The van der Waals surface area contributed by atoms with Gasteiger partial charge in [0.05, 0.1) is 0 Å². The summed E-state index contributed by atoms with van der Waals surface area (Å²) >= 11 is 12.3. The van der Waals surface area contributed by atoms with Crippen molar-refractivity contribution in [3.8, 4) is 0 Å². The Balaban J connectivity index is 2.19. The minimum Gasteiger partial charge on any atom is -0.319 e. The molecule has 1 aromatic carbocycles. The van der Waals surface area contributed by atoms with Gasteiger partial charge in [0.2, 0.25) is 0 Å². The van der Waals surface area contributed by atoms with Crippen LogP contribution < -0.4 is 5.32 Å².